The summed E-state index contributed by atoms with van der Waals surface area (Å²) in [5.74, 6) is 2.16. The second-order valence-corrected chi connectivity index (χ2v) is 11.9. The zero-order valence-electron chi connectivity index (χ0n) is 23.0. The molecule has 0 fully saturated rings. The molecule has 0 bridgehead atoms. The summed E-state index contributed by atoms with van der Waals surface area (Å²) in [7, 11) is 1.58. The van der Waals surface area contributed by atoms with E-state index in [-0.39, 0.29) is 12.5 Å². The summed E-state index contributed by atoms with van der Waals surface area (Å²) in [6.07, 6.45) is 0. The molecule has 3 aromatic carbocycles. The summed E-state index contributed by atoms with van der Waals surface area (Å²) in [6.45, 7) is 6.16. The van der Waals surface area contributed by atoms with Crippen LogP contribution in [0.25, 0.3) is 0 Å². The van der Waals surface area contributed by atoms with E-state index in [1.54, 1.807) is 11.8 Å². The molecule has 1 unspecified atom stereocenters. The first kappa shape index (κ1) is 29.0. The zero-order valence-corrected chi connectivity index (χ0v) is 26.2. The van der Waals surface area contributed by atoms with Gasteiger partial charge in [0.1, 0.15) is 12.6 Å². The molecule has 0 saturated heterocycles. The van der Waals surface area contributed by atoms with Crippen LogP contribution in [0.3, 0.4) is 0 Å². The minimum absolute atomic E-state index is 0.245. The number of thioether (sulfide) groups is 1. The topological polar surface area (TPSA) is 90.3 Å². The van der Waals surface area contributed by atoms with Crippen molar-refractivity contribution in [3.05, 3.63) is 98.1 Å². The number of hydrogen-bond donors (Lipinski definition) is 2. The number of rotatable bonds is 9. The van der Waals surface area contributed by atoms with Crippen LogP contribution in [-0.2, 0) is 11.4 Å². The van der Waals surface area contributed by atoms with E-state index in [0.29, 0.717) is 49.1 Å². The fourth-order valence-corrected chi connectivity index (χ4v) is 5.97. The Morgan fingerprint density at radius 2 is 1.98 bits per heavy atom. The van der Waals surface area contributed by atoms with Gasteiger partial charge in [-0.2, -0.15) is 4.98 Å². The maximum Gasteiger partial charge on any atom is 0.255 e. The number of carbonyl (C=O) groups excluding carboxylic acids is 1. The van der Waals surface area contributed by atoms with Crippen molar-refractivity contribution in [2.75, 3.05) is 23.5 Å². The smallest absolute Gasteiger partial charge is 0.255 e. The van der Waals surface area contributed by atoms with Crippen LogP contribution >= 0.6 is 39.3 Å². The van der Waals surface area contributed by atoms with Gasteiger partial charge < -0.3 is 20.1 Å². The highest BCUT2D eigenvalue weighted by Crippen LogP contribution is 2.43. The van der Waals surface area contributed by atoms with Gasteiger partial charge in [-0.3, -0.25) is 4.79 Å². The number of hydrogen-bond acceptors (Lipinski definition) is 7. The average Bonchev–Trinajstić information content (AvgIpc) is 3.34. The number of anilines is 2. The first-order chi connectivity index (χ1) is 19.8. The van der Waals surface area contributed by atoms with Crippen molar-refractivity contribution >= 4 is 56.8 Å². The highest BCUT2D eigenvalue weighted by Gasteiger charge is 2.35. The quantitative estimate of drug-likeness (QED) is 0.179. The molecular formula is C30H29BrClN5O3S. The number of carbonyl (C=O) groups is 1. The van der Waals surface area contributed by atoms with Crippen molar-refractivity contribution in [2.24, 2.45) is 0 Å². The molecule has 0 saturated carbocycles. The Labute approximate surface area is 256 Å². The molecule has 1 aliphatic heterocycles. The standard InChI is InChI=1S/C30H29BrClN5O3S/c1-5-41-30-35-29-33-18(3)25(28(38)34-21-11-8-9-17(2)13-21)26(37(29)36-30)20-14-22(31)27(24(15-20)39-4)40-16-19-10-6-7-12-23(19)32/h6-15,26H,5,16H2,1-4H3,(H,34,38)(H,33,35,36). The van der Waals surface area contributed by atoms with E-state index < -0.39 is 6.04 Å². The second-order valence-electron chi connectivity index (χ2n) is 9.40. The number of ether oxygens (including phenoxy) is 2. The Balaban J connectivity index is 1.56. The molecule has 41 heavy (non-hydrogen) atoms. The maximum absolute atomic E-state index is 13.9. The van der Waals surface area contributed by atoms with Crippen LogP contribution in [0.2, 0.25) is 5.02 Å². The normalized spacial score (nSPS) is 14.3. The third-order valence-corrected chi connectivity index (χ3v) is 8.20. The zero-order chi connectivity index (χ0) is 29.1. The van der Waals surface area contributed by atoms with Crippen LogP contribution in [0.4, 0.5) is 11.6 Å². The Kier molecular flexibility index (Phi) is 8.91. The molecule has 1 atom stereocenters. The number of nitrogens with zero attached hydrogens (tertiary/aromatic N) is 3. The van der Waals surface area contributed by atoms with Crippen molar-refractivity contribution in [2.45, 2.75) is 38.6 Å². The molecule has 2 N–H and O–H groups in total. The summed E-state index contributed by atoms with van der Waals surface area (Å²) in [5, 5.41) is 12.4. The summed E-state index contributed by atoms with van der Waals surface area (Å²) in [6, 6.07) is 18.4. The van der Waals surface area contributed by atoms with Gasteiger partial charge >= 0.3 is 0 Å². The molecule has 212 valence electrons. The van der Waals surface area contributed by atoms with Crippen LogP contribution in [0.1, 0.15) is 36.6 Å². The predicted octanol–water partition coefficient (Wildman–Crippen LogP) is 7.63. The fraction of sp³-hybridized carbons (Fsp3) is 0.233. The van der Waals surface area contributed by atoms with Gasteiger partial charge in [-0.1, -0.05) is 60.6 Å². The van der Waals surface area contributed by atoms with E-state index >= 15 is 0 Å². The lowest BCUT2D eigenvalue weighted by molar-refractivity contribution is -0.113. The molecule has 4 aromatic rings. The van der Waals surface area contributed by atoms with E-state index in [4.69, 9.17) is 26.2 Å². The molecule has 0 aliphatic carbocycles. The van der Waals surface area contributed by atoms with E-state index in [1.807, 2.05) is 81.4 Å². The SMILES string of the molecule is CCSc1nc2n(n1)C(c1cc(Br)c(OCc3ccccc3Cl)c(OC)c1)C(C(=O)Nc1cccc(C)c1)=C(C)N2. The van der Waals surface area contributed by atoms with Gasteiger partial charge in [-0.25, -0.2) is 4.68 Å². The Morgan fingerprint density at radius 3 is 2.71 bits per heavy atom. The lowest BCUT2D eigenvalue weighted by atomic mass is 9.94. The second kappa shape index (κ2) is 12.6. The largest absolute Gasteiger partial charge is 0.493 e. The predicted molar refractivity (Wildman–Crippen MR) is 167 cm³/mol. The summed E-state index contributed by atoms with van der Waals surface area (Å²) >= 11 is 11.6. The van der Waals surface area contributed by atoms with Crippen molar-refractivity contribution in [1.82, 2.24) is 14.8 Å². The molecule has 1 aromatic heterocycles. The van der Waals surface area contributed by atoms with Gasteiger partial charge in [0.25, 0.3) is 5.91 Å². The first-order valence-corrected chi connectivity index (χ1v) is 15.1. The van der Waals surface area contributed by atoms with Gasteiger partial charge in [-0.05, 0) is 77.0 Å². The van der Waals surface area contributed by atoms with Gasteiger partial charge in [0, 0.05) is 22.0 Å². The van der Waals surface area contributed by atoms with Crippen LogP contribution in [0.5, 0.6) is 11.5 Å². The Bertz CT molecular complexity index is 1640. The lowest BCUT2D eigenvalue weighted by Crippen LogP contribution is -2.31. The fourth-order valence-electron chi connectivity index (χ4n) is 4.65. The average molecular weight is 655 g/mol. The van der Waals surface area contributed by atoms with E-state index in [9.17, 15) is 4.79 Å². The minimum atomic E-state index is -0.586. The molecule has 11 heteroatoms. The molecule has 1 aliphatic rings. The van der Waals surface area contributed by atoms with Crippen molar-refractivity contribution in [3.63, 3.8) is 0 Å². The summed E-state index contributed by atoms with van der Waals surface area (Å²) in [5.41, 5.74) is 4.58. The van der Waals surface area contributed by atoms with E-state index in [0.717, 1.165) is 22.4 Å². The summed E-state index contributed by atoms with van der Waals surface area (Å²) < 4.78 is 14.3. The van der Waals surface area contributed by atoms with Crippen molar-refractivity contribution < 1.29 is 14.3 Å². The van der Waals surface area contributed by atoms with Crippen molar-refractivity contribution in [1.29, 1.82) is 0 Å². The number of aryl methyl sites for hydroxylation is 1. The third kappa shape index (κ3) is 6.24. The van der Waals surface area contributed by atoms with Crippen LogP contribution in [0, 0.1) is 6.92 Å². The lowest BCUT2D eigenvalue weighted by Gasteiger charge is -2.29. The third-order valence-electron chi connectivity index (χ3n) is 6.52. The molecule has 8 nitrogen and oxygen atoms in total. The minimum Gasteiger partial charge on any atom is -0.493 e. The maximum atomic E-state index is 13.9. The Morgan fingerprint density at radius 1 is 1.17 bits per heavy atom. The number of aromatic nitrogens is 3. The van der Waals surface area contributed by atoms with Gasteiger partial charge in [-0.15, -0.1) is 5.10 Å². The molecular weight excluding hydrogens is 626 g/mol. The number of nitrogens with one attached hydrogen (secondary N) is 2. The highest BCUT2D eigenvalue weighted by molar-refractivity contribution is 9.10. The Hall–Kier alpha value is -3.47. The molecule has 0 spiro atoms. The number of methoxy groups -OCH3 is 1. The molecule has 0 radical (unpaired) electrons. The van der Waals surface area contributed by atoms with E-state index in [1.165, 1.54) is 11.8 Å². The van der Waals surface area contributed by atoms with Crippen molar-refractivity contribution in [3.8, 4) is 11.5 Å². The van der Waals surface area contributed by atoms with Gasteiger partial charge in [0.05, 0.1) is 17.2 Å². The van der Waals surface area contributed by atoms with E-state index in [2.05, 4.69) is 31.5 Å². The van der Waals surface area contributed by atoms with Crippen LogP contribution in [0.15, 0.2) is 81.6 Å². The number of fused-ring (bicyclic) bond motifs is 1. The molecule has 1 amide bonds. The molecule has 2 heterocycles. The van der Waals surface area contributed by atoms with Crippen LogP contribution in [-0.4, -0.2) is 33.5 Å². The molecule has 5 rings (SSSR count). The van der Waals surface area contributed by atoms with Gasteiger partial charge in [0.2, 0.25) is 11.1 Å². The van der Waals surface area contributed by atoms with Gasteiger partial charge in [0.15, 0.2) is 11.5 Å². The number of halogens is 2. The van der Waals surface area contributed by atoms with Crippen LogP contribution < -0.4 is 20.1 Å². The number of benzene rings is 3. The highest BCUT2D eigenvalue weighted by atomic mass is 79.9. The monoisotopic (exact) mass is 653 g/mol. The number of amides is 1. The first-order valence-electron chi connectivity index (χ1n) is 13.0. The summed E-state index contributed by atoms with van der Waals surface area (Å²) in [4.78, 5) is 18.5. The number of allylic oxidation sites excluding steroid dienone is 1.